The van der Waals surface area contributed by atoms with Crippen LogP contribution in [0.5, 0.6) is 0 Å². The zero-order chi connectivity index (χ0) is 16.9. The fraction of sp³-hybridized carbons (Fsp3) is 0.294. The summed E-state index contributed by atoms with van der Waals surface area (Å²) in [6, 6.07) is 9.05. The normalized spacial score (nSPS) is 15.8. The highest BCUT2D eigenvalue weighted by Gasteiger charge is 2.26. The molecular formula is C17H19N5O2. The first-order valence-corrected chi connectivity index (χ1v) is 7.85. The highest BCUT2D eigenvalue weighted by atomic mass is 16.2. The van der Waals surface area contributed by atoms with Crippen LogP contribution in [0.25, 0.3) is 0 Å². The van der Waals surface area contributed by atoms with Crippen LogP contribution >= 0.6 is 0 Å². The number of para-hydroxylation sites is 1. The monoisotopic (exact) mass is 325 g/mol. The Morgan fingerprint density at radius 1 is 1.29 bits per heavy atom. The zero-order valence-corrected chi connectivity index (χ0v) is 13.4. The van der Waals surface area contributed by atoms with Crippen molar-refractivity contribution < 1.29 is 9.59 Å². The molecule has 1 aromatic carbocycles. The largest absolute Gasteiger partial charge is 0.347 e. The van der Waals surface area contributed by atoms with Crippen LogP contribution in [0.15, 0.2) is 54.2 Å². The molecule has 0 radical (unpaired) electrons. The van der Waals surface area contributed by atoms with E-state index in [0.717, 1.165) is 0 Å². The van der Waals surface area contributed by atoms with Crippen molar-refractivity contribution in [1.82, 2.24) is 14.9 Å². The first kappa shape index (κ1) is 15.9. The van der Waals surface area contributed by atoms with Gasteiger partial charge in [0.1, 0.15) is 5.71 Å². The van der Waals surface area contributed by atoms with Crippen molar-refractivity contribution in [2.45, 2.75) is 32.4 Å². The van der Waals surface area contributed by atoms with Gasteiger partial charge in [0.2, 0.25) is 5.91 Å². The zero-order valence-electron chi connectivity index (χ0n) is 13.4. The van der Waals surface area contributed by atoms with Crippen molar-refractivity contribution >= 4 is 23.2 Å². The van der Waals surface area contributed by atoms with E-state index in [1.165, 1.54) is 5.01 Å². The van der Waals surface area contributed by atoms with Crippen LogP contribution in [-0.4, -0.2) is 33.1 Å². The summed E-state index contributed by atoms with van der Waals surface area (Å²) >= 11 is 0. The lowest BCUT2D eigenvalue weighted by atomic mass is 10.1. The minimum Gasteiger partial charge on any atom is -0.347 e. The number of carbonyl (C=O) groups is 2. The molecule has 24 heavy (non-hydrogen) atoms. The van der Waals surface area contributed by atoms with Crippen molar-refractivity contribution in [3.05, 3.63) is 49.1 Å². The van der Waals surface area contributed by atoms with Crippen molar-refractivity contribution in [3.8, 4) is 0 Å². The lowest BCUT2D eigenvalue weighted by Crippen LogP contribution is -2.43. The first-order valence-electron chi connectivity index (χ1n) is 7.85. The van der Waals surface area contributed by atoms with E-state index in [1.54, 1.807) is 24.7 Å². The summed E-state index contributed by atoms with van der Waals surface area (Å²) in [5, 5.41) is 8.48. The van der Waals surface area contributed by atoms with Gasteiger partial charge < -0.3 is 9.88 Å². The van der Waals surface area contributed by atoms with Gasteiger partial charge in [0.05, 0.1) is 12.0 Å². The fourth-order valence-electron chi connectivity index (χ4n) is 2.55. The quantitative estimate of drug-likeness (QED) is 0.906. The summed E-state index contributed by atoms with van der Waals surface area (Å²) in [6.07, 6.45) is 5.87. The molecule has 2 heterocycles. The maximum absolute atomic E-state index is 12.4. The third kappa shape index (κ3) is 3.68. The van der Waals surface area contributed by atoms with E-state index in [0.29, 0.717) is 24.4 Å². The van der Waals surface area contributed by atoms with Crippen LogP contribution < -0.4 is 10.3 Å². The maximum atomic E-state index is 12.4. The van der Waals surface area contributed by atoms with Crippen LogP contribution in [0.2, 0.25) is 0 Å². The van der Waals surface area contributed by atoms with Crippen LogP contribution in [0.1, 0.15) is 19.8 Å². The van der Waals surface area contributed by atoms with Crippen molar-refractivity contribution in [1.29, 1.82) is 0 Å². The molecule has 124 valence electrons. The van der Waals surface area contributed by atoms with Crippen LogP contribution in [-0.2, 0) is 16.1 Å². The summed E-state index contributed by atoms with van der Waals surface area (Å²) in [6.45, 7) is 2.54. The number of amides is 2. The van der Waals surface area contributed by atoms with Crippen LogP contribution in [0.4, 0.5) is 5.69 Å². The minimum atomic E-state index is -0.240. The molecule has 0 spiro atoms. The Morgan fingerprint density at radius 3 is 2.79 bits per heavy atom. The van der Waals surface area contributed by atoms with Gasteiger partial charge in [-0.2, -0.15) is 5.10 Å². The fourth-order valence-corrected chi connectivity index (χ4v) is 2.55. The van der Waals surface area contributed by atoms with Crippen molar-refractivity contribution in [2.24, 2.45) is 5.10 Å². The summed E-state index contributed by atoms with van der Waals surface area (Å²) in [5.41, 5.74) is 1.04. The van der Waals surface area contributed by atoms with Gasteiger partial charge in [0.15, 0.2) is 0 Å². The minimum absolute atomic E-state index is 0.0720. The standard InChI is InChI=1S/C17H19N5O2/c1-13(11-21-10-9-18-12-21)19-17(24)15-7-8-16(23)22(20-15)14-5-3-2-4-6-14/h2-6,9-10,12-13H,7-8,11H2,1H3,(H,19,24). The number of nitrogens with one attached hydrogen (secondary N) is 1. The van der Waals surface area contributed by atoms with Gasteiger partial charge in [-0.05, 0) is 19.1 Å². The Kier molecular flexibility index (Phi) is 4.69. The first-order chi connectivity index (χ1) is 11.6. The Balaban J connectivity index is 1.68. The molecule has 2 amide bonds. The SMILES string of the molecule is CC(Cn1ccnc1)NC(=O)C1=NN(c2ccccc2)C(=O)CC1. The van der Waals surface area contributed by atoms with E-state index in [2.05, 4.69) is 15.4 Å². The highest BCUT2D eigenvalue weighted by molar-refractivity contribution is 6.40. The molecule has 0 aliphatic carbocycles. The van der Waals surface area contributed by atoms with Gasteiger partial charge in [-0.25, -0.2) is 9.99 Å². The smallest absolute Gasteiger partial charge is 0.267 e. The number of nitrogens with zero attached hydrogens (tertiary/aromatic N) is 4. The van der Waals surface area contributed by atoms with E-state index >= 15 is 0 Å². The molecule has 3 rings (SSSR count). The average Bonchev–Trinajstić information content (AvgIpc) is 3.08. The molecule has 0 saturated heterocycles. The molecule has 1 aliphatic heterocycles. The van der Waals surface area contributed by atoms with Gasteiger partial charge in [-0.15, -0.1) is 0 Å². The number of anilines is 1. The van der Waals surface area contributed by atoms with Gasteiger partial charge in [-0.1, -0.05) is 18.2 Å². The molecule has 1 aromatic heterocycles. The Hall–Kier alpha value is -2.96. The average molecular weight is 325 g/mol. The predicted molar refractivity (Wildman–Crippen MR) is 90.4 cm³/mol. The highest BCUT2D eigenvalue weighted by Crippen LogP contribution is 2.19. The molecule has 1 N–H and O–H groups in total. The van der Waals surface area contributed by atoms with Gasteiger partial charge in [0, 0.05) is 37.8 Å². The molecule has 1 unspecified atom stereocenters. The van der Waals surface area contributed by atoms with E-state index in [-0.39, 0.29) is 24.3 Å². The molecule has 1 aliphatic rings. The summed E-state index contributed by atoms with van der Waals surface area (Å²) < 4.78 is 1.90. The number of hydrazone groups is 1. The summed E-state index contributed by atoms with van der Waals surface area (Å²) in [7, 11) is 0. The molecule has 0 fully saturated rings. The number of rotatable bonds is 5. The third-order valence-electron chi connectivity index (χ3n) is 3.72. The van der Waals surface area contributed by atoms with E-state index in [1.807, 2.05) is 35.9 Å². The second kappa shape index (κ2) is 7.08. The number of aromatic nitrogens is 2. The maximum Gasteiger partial charge on any atom is 0.267 e. The van der Waals surface area contributed by atoms with Crippen LogP contribution in [0, 0.1) is 0 Å². The molecule has 0 saturated carbocycles. The molecule has 0 bridgehead atoms. The molecular weight excluding hydrogens is 306 g/mol. The lowest BCUT2D eigenvalue weighted by molar-refractivity contribution is -0.119. The summed E-state index contributed by atoms with van der Waals surface area (Å²) in [5.74, 6) is -0.347. The number of imidazole rings is 1. The van der Waals surface area contributed by atoms with Crippen molar-refractivity contribution in [2.75, 3.05) is 5.01 Å². The third-order valence-corrected chi connectivity index (χ3v) is 3.72. The lowest BCUT2D eigenvalue weighted by Gasteiger charge is -2.24. The second-order valence-electron chi connectivity index (χ2n) is 5.72. The molecule has 7 heteroatoms. The topological polar surface area (TPSA) is 79.6 Å². The predicted octanol–water partition coefficient (Wildman–Crippen LogP) is 1.57. The van der Waals surface area contributed by atoms with E-state index in [4.69, 9.17) is 0 Å². The van der Waals surface area contributed by atoms with E-state index < -0.39 is 0 Å². The van der Waals surface area contributed by atoms with Gasteiger partial charge in [-0.3, -0.25) is 9.59 Å². The Bertz CT molecular complexity index is 740. The van der Waals surface area contributed by atoms with E-state index in [9.17, 15) is 9.59 Å². The number of hydrogen-bond acceptors (Lipinski definition) is 4. The van der Waals surface area contributed by atoms with Gasteiger partial charge in [0.25, 0.3) is 5.91 Å². The number of hydrogen-bond donors (Lipinski definition) is 1. The van der Waals surface area contributed by atoms with Gasteiger partial charge >= 0.3 is 0 Å². The van der Waals surface area contributed by atoms with Crippen molar-refractivity contribution in [3.63, 3.8) is 0 Å². The Labute approximate surface area is 140 Å². The number of benzene rings is 1. The molecule has 2 aromatic rings. The second-order valence-corrected chi connectivity index (χ2v) is 5.72. The van der Waals surface area contributed by atoms with Crippen LogP contribution in [0.3, 0.4) is 0 Å². The summed E-state index contributed by atoms with van der Waals surface area (Å²) in [4.78, 5) is 28.5. The Morgan fingerprint density at radius 2 is 2.08 bits per heavy atom. The molecule has 7 nitrogen and oxygen atoms in total. The number of carbonyl (C=O) groups excluding carboxylic acids is 2. The molecule has 1 atom stereocenters.